The SMILES string of the molecule is CC(=O)c1ccc(S(=O)(=O)N2CCC(C(=O)Nc3cccc(C#Cc4ccccc4)c3)CC2)cc1. The van der Waals surface area contributed by atoms with Crippen LogP contribution < -0.4 is 5.32 Å². The van der Waals surface area contributed by atoms with Gasteiger partial charge in [0.25, 0.3) is 0 Å². The number of hydrogen-bond acceptors (Lipinski definition) is 4. The van der Waals surface area contributed by atoms with Gasteiger partial charge in [0.05, 0.1) is 4.90 Å². The standard InChI is InChI=1S/C28H26N2O4S/c1-21(31)24-12-14-27(15-13-24)35(33,34)30-18-16-25(17-19-30)28(32)29-26-9-5-8-23(20-26)11-10-22-6-3-2-4-7-22/h2-9,12-15,20,25H,16-19H2,1H3,(H,29,32). The van der Waals surface area contributed by atoms with Crippen molar-refractivity contribution in [3.05, 3.63) is 95.6 Å². The molecule has 1 amide bonds. The van der Waals surface area contributed by atoms with Crippen LogP contribution in [-0.2, 0) is 14.8 Å². The Bertz CT molecular complexity index is 1380. The van der Waals surface area contributed by atoms with Gasteiger partial charge in [0.1, 0.15) is 0 Å². The van der Waals surface area contributed by atoms with Crippen LogP contribution >= 0.6 is 0 Å². The van der Waals surface area contributed by atoms with Gasteiger partial charge in [0.2, 0.25) is 15.9 Å². The molecule has 3 aromatic carbocycles. The summed E-state index contributed by atoms with van der Waals surface area (Å²) < 4.78 is 27.3. The molecule has 1 aliphatic rings. The molecule has 178 valence electrons. The van der Waals surface area contributed by atoms with Gasteiger partial charge < -0.3 is 5.32 Å². The first-order valence-electron chi connectivity index (χ1n) is 11.4. The summed E-state index contributed by atoms with van der Waals surface area (Å²) in [4.78, 5) is 24.4. The van der Waals surface area contributed by atoms with Crippen LogP contribution in [0.4, 0.5) is 5.69 Å². The van der Waals surface area contributed by atoms with Crippen LogP contribution in [0.15, 0.2) is 83.8 Å². The summed E-state index contributed by atoms with van der Waals surface area (Å²) in [6, 6.07) is 23.0. The van der Waals surface area contributed by atoms with E-state index in [-0.39, 0.29) is 35.6 Å². The van der Waals surface area contributed by atoms with Crippen molar-refractivity contribution in [3.63, 3.8) is 0 Å². The van der Waals surface area contributed by atoms with E-state index in [2.05, 4.69) is 17.2 Å². The highest BCUT2D eigenvalue weighted by atomic mass is 32.2. The summed E-state index contributed by atoms with van der Waals surface area (Å²) >= 11 is 0. The largest absolute Gasteiger partial charge is 0.326 e. The Morgan fingerprint density at radius 2 is 1.49 bits per heavy atom. The first kappa shape index (κ1) is 24.4. The van der Waals surface area contributed by atoms with Gasteiger partial charge in [-0.3, -0.25) is 9.59 Å². The highest BCUT2D eigenvalue weighted by molar-refractivity contribution is 7.89. The van der Waals surface area contributed by atoms with Crippen molar-refractivity contribution in [2.75, 3.05) is 18.4 Å². The van der Waals surface area contributed by atoms with Gasteiger partial charge >= 0.3 is 0 Å². The predicted octanol–water partition coefficient (Wildman–Crippen LogP) is 4.33. The van der Waals surface area contributed by atoms with E-state index in [1.165, 1.54) is 35.5 Å². The maximum absolute atomic E-state index is 13.0. The highest BCUT2D eigenvalue weighted by Crippen LogP contribution is 2.25. The third-order valence-corrected chi connectivity index (χ3v) is 7.89. The number of carbonyl (C=O) groups is 2. The number of nitrogens with one attached hydrogen (secondary N) is 1. The number of piperidine rings is 1. The summed E-state index contributed by atoms with van der Waals surface area (Å²) in [7, 11) is -3.67. The van der Waals surface area contributed by atoms with Crippen LogP contribution in [0.2, 0.25) is 0 Å². The van der Waals surface area contributed by atoms with Crippen molar-refractivity contribution in [3.8, 4) is 11.8 Å². The van der Waals surface area contributed by atoms with Crippen molar-refractivity contribution in [2.24, 2.45) is 5.92 Å². The van der Waals surface area contributed by atoms with E-state index in [0.29, 0.717) is 24.1 Å². The molecule has 0 spiro atoms. The number of carbonyl (C=O) groups excluding carboxylic acids is 2. The van der Waals surface area contributed by atoms with Crippen LogP contribution in [0.25, 0.3) is 0 Å². The predicted molar refractivity (Wildman–Crippen MR) is 135 cm³/mol. The molecule has 0 radical (unpaired) electrons. The zero-order valence-corrected chi connectivity index (χ0v) is 20.2. The molecule has 1 saturated heterocycles. The van der Waals surface area contributed by atoms with Crippen molar-refractivity contribution in [1.29, 1.82) is 0 Å². The summed E-state index contributed by atoms with van der Waals surface area (Å²) in [5.41, 5.74) is 2.84. The van der Waals surface area contributed by atoms with Crippen molar-refractivity contribution >= 4 is 27.4 Å². The Morgan fingerprint density at radius 3 is 2.14 bits per heavy atom. The molecule has 0 atom stereocenters. The minimum atomic E-state index is -3.67. The number of ketones is 1. The van der Waals surface area contributed by atoms with E-state index in [4.69, 9.17) is 0 Å². The number of hydrogen-bond donors (Lipinski definition) is 1. The van der Waals surface area contributed by atoms with Gasteiger partial charge in [0, 0.05) is 41.4 Å². The molecule has 0 bridgehead atoms. The quantitative estimate of drug-likeness (QED) is 0.430. The van der Waals surface area contributed by atoms with Crippen molar-refractivity contribution in [1.82, 2.24) is 4.31 Å². The third-order valence-electron chi connectivity index (χ3n) is 5.98. The lowest BCUT2D eigenvalue weighted by Crippen LogP contribution is -2.41. The lowest BCUT2D eigenvalue weighted by Gasteiger charge is -2.30. The fourth-order valence-corrected chi connectivity index (χ4v) is 5.42. The number of benzene rings is 3. The smallest absolute Gasteiger partial charge is 0.243 e. The Morgan fingerprint density at radius 1 is 0.857 bits per heavy atom. The lowest BCUT2D eigenvalue weighted by atomic mass is 9.97. The average Bonchev–Trinajstić information content (AvgIpc) is 2.88. The maximum Gasteiger partial charge on any atom is 0.243 e. The van der Waals surface area contributed by atoms with Crippen LogP contribution in [0.5, 0.6) is 0 Å². The minimum Gasteiger partial charge on any atom is -0.326 e. The zero-order chi connectivity index (χ0) is 24.8. The second-order valence-electron chi connectivity index (χ2n) is 8.45. The molecule has 1 heterocycles. The number of rotatable bonds is 5. The summed E-state index contributed by atoms with van der Waals surface area (Å²) in [5.74, 6) is 5.69. The lowest BCUT2D eigenvalue weighted by molar-refractivity contribution is -0.120. The van der Waals surface area contributed by atoms with Crippen LogP contribution in [0, 0.1) is 17.8 Å². The van der Waals surface area contributed by atoms with Crippen LogP contribution in [-0.4, -0.2) is 37.5 Å². The molecular weight excluding hydrogens is 460 g/mol. The van der Waals surface area contributed by atoms with E-state index in [0.717, 1.165) is 11.1 Å². The first-order chi connectivity index (χ1) is 16.8. The molecule has 0 unspecified atom stereocenters. The molecule has 35 heavy (non-hydrogen) atoms. The maximum atomic E-state index is 13.0. The average molecular weight is 487 g/mol. The number of Topliss-reactive ketones (excluding diaryl/α,β-unsaturated/α-hetero) is 1. The summed E-state index contributed by atoms with van der Waals surface area (Å²) in [5, 5.41) is 2.95. The van der Waals surface area contributed by atoms with Crippen molar-refractivity contribution < 1.29 is 18.0 Å². The molecular formula is C28H26N2O4S. The van der Waals surface area contributed by atoms with E-state index in [1.54, 1.807) is 0 Å². The fraction of sp³-hybridized carbons (Fsp3) is 0.214. The Hall–Kier alpha value is -3.73. The van der Waals surface area contributed by atoms with Gasteiger partial charge in [-0.25, -0.2) is 8.42 Å². The molecule has 0 saturated carbocycles. The van der Waals surface area contributed by atoms with Crippen LogP contribution in [0.1, 0.15) is 41.3 Å². The molecule has 6 nitrogen and oxygen atoms in total. The van der Waals surface area contributed by atoms with Crippen molar-refractivity contribution in [2.45, 2.75) is 24.7 Å². The van der Waals surface area contributed by atoms with Gasteiger partial charge in [-0.15, -0.1) is 0 Å². The van der Waals surface area contributed by atoms with E-state index in [1.807, 2.05) is 54.6 Å². The molecule has 1 aliphatic heterocycles. The van der Waals surface area contributed by atoms with E-state index >= 15 is 0 Å². The number of anilines is 1. The first-order valence-corrected chi connectivity index (χ1v) is 12.9. The van der Waals surface area contributed by atoms with Gasteiger partial charge in [-0.05, 0) is 62.2 Å². The molecule has 3 aromatic rings. The highest BCUT2D eigenvalue weighted by Gasteiger charge is 2.32. The summed E-state index contributed by atoms with van der Waals surface area (Å²) in [6.45, 7) is 1.96. The van der Waals surface area contributed by atoms with Gasteiger partial charge in [-0.1, -0.05) is 48.2 Å². The van der Waals surface area contributed by atoms with E-state index in [9.17, 15) is 18.0 Å². The monoisotopic (exact) mass is 486 g/mol. The summed E-state index contributed by atoms with van der Waals surface area (Å²) in [6.07, 6.45) is 0.869. The second kappa shape index (κ2) is 10.7. The number of nitrogens with zero attached hydrogens (tertiary/aromatic N) is 1. The van der Waals surface area contributed by atoms with Gasteiger partial charge in [0.15, 0.2) is 5.78 Å². The normalized spacial score (nSPS) is 14.5. The number of amides is 1. The minimum absolute atomic E-state index is 0.116. The Labute approximate surface area is 206 Å². The molecule has 1 N–H and O–H groups in total. The molecule has 1 fully saturated rings. The Kier molecular flexibility index (Phi) is 7.45. The van der Waals surface area contributed by atoms with Gasteiger partial charge in [-0.2, -0.15) is 4.31 Å². The fourth-order valence-electron chi connectivity index (χ4n) is 3.95. The number of sulfonamides is 1. The van der Waals surface area contributed by atoms with E-state index < -0.39 is 10.0 Å². The topological polar surface area (TPSA) is 83.6 Å². The second-order valence-corrected chi connectivity index (χ2v) is 10.4. The Balaban J connectivity index is 1.35. The molecule has 4 rings (SSSR count). The van der Waals surface area contributed by atoms with Crippen LogP contribution in [0.3, 0.4) is 0 Å². The molecule has 7 heteroatoms. The zero-order valence-electron chi connectivity index (χ0n) is 19.4. The molecule has 0 aromatic heterocycles. The third kappa shape index (κ3) is 6.04. The molecule has 0 aliphatic carbocycles.